The SMILES string of the molecule is Cl.O=C(NCCc1cccs1)C1CNC1. The average molecular weight is 247 g/mol. The Morgan fingerprint density at radius 1 is 1.60 bits per heavy atom. The first kappa shape index (κ1) is 12.5. The van der Waals surface area contributed by atoms with Gasteiger partial charge in [0, 0.05) is 24.5 Å². The topological polar surface area (TPSA) is 41.1 Å². The lowest BCUT2D eigenvalue weighted by molar-refractivity contribution is -0.126. The minimum absolute atomic E-state index is 0. The second-order valence-electron chi connectivity index (χ2n) is 3.48. The van der Waals surface area contributed by atoms with E-state index in [0.29, 0.717) is 0 Å². The molecule has 1 aliphatic rings. The molecule has 0 aromatic carbocycles. The van der Waals surface area contributed by atoms with Gasteiger partial charge in [-0.3, -0.25) is 4.79 Å². The Hall–Kier alpha value is -0.580. The van der Waals surface area contributed by atoms with Gasteiger partial charge >= 0.3 is 0 Å². The predicted molar refractivity (Wildman–Crippen MR) is 64.6 cm³/mol. The Kier molecular flexibility index (Phi) is 5.08. The van der Waals surface area contributed by atoms with Gasteiger partial charge in [-0.25, -0.2) is 0 Å². The van der Waals surface area contributed by atoms with E-state index in [-0.39, 0.29) is 24.2 Å². The van der Waals surface area contributed by atoms with E-state index in [2.05, 4.69) is 22.1 Å². The van der Waals surface area contributed by atoms with Crippen molar-refractivity contribution >= 4 is 29.7 Å². The van der Waals surface area contributed by atoms with Gasteiger partial charge in [-0.15, -0.1) is 23.7 Å². The zero-order valence-corrected chi connectivity index (χ0v) is 10.00. The van der Waals surface area contributed by atoms with Crippen molar-refractivity contribution in [1.82, 2.24) is 10.6 Å². The molecule has 0 aliphatic carbocycles. The third kappa shape index (κ3) is 3.48. The van der Waals surface area contributed by atoms with E-state index in [1.165, 1.54) is 4.88 Å². The van der Waals surface area contributed by atoms with Crippen LogP contribution < -0.4 is 10.6 Å². The predicted octanol–water partition coefficient (Wildman–Crippen LogP) is 1.05. The van der Waals surface area contributed by atoms with E-state index < -0.39 is 0 Å². The maximum atomic E-state index is 11.4. The Balaban J connectivity index is 0.00000112. The summed E-state index contributed by atoms with van der Waals surface area (Å²) in [5.74, 6) is 0.402. The number of amides is 1. The van der Waals surface area contributed by atoms with Crippen LogP contribution in [0.5, 0.6) is 0 Å². The zero-order valence-electron chi connectivity index (χ0n) is 8.36. The smallest absolute Gasteiger partial charge is 0.225 e. The molecule has 1 aromatic rings. The lowest BCUT2D eigenvalue weighted by Crippen LogP contribution is -2.51. The molecule has 1 amide bonds. The minimum atomic E-state index is 0. The number of rotatable bonds is 4. The van der Waals surface area contributed by atoms with Gasteiger partial charge in [-0.05, 0) is 17.9 Å². The number of hydrogen-bond acceptors (Lipinski definition) is 3. The molecule has 3 nitrogen and oxygen atoms in total. The fourth-order valence-corrected chi connectivity index (χ4v) is 2.09. The van der Waals surface area contributed by atoms with Crippen molar-refractivity contribution in [3.63, 3.8) is 0 Å². The standard InChI is InChI=1S/C10H14N2OS.ClH/c13-10(8-6-11-7-8)12-4-3-9-2-1-5-14-9;/h1-2,5,8,11H,3-4,6-7H2,(H,12,13);1H. The maximum Gasteiger partial charge on any atom is 0.225 e. The van der Waals surface area contributed by atoms with Crippen LogP contribution in [0, 0.1) is 5.92 Å². The molecular formula is C10H15ClN2OS. The number of carbonyl (C=O) groups excluding carboxylic acids is 1. The van der Waals surface area contributed by atoms with Gasteiger partial charge in [0.15, 0.2) is 0 Å². The van der Waals surface area contributed by atoms with Gasteiger partial charge in [0.1, 0.15) is 0 Å². The number of nitrogens with one attached hydrogen (secondary N) is 2. The molecule has 1 aliphatic heterocycles. The molecule has 1 aromatic heterocycles. The van der Waals surface area contributed by atoms with Crippen LogP contribution in [0.25, 0.3) is 0 Å². The van der Waals surface area contributed by atoms with Crippen molar-refractivity contribution in [1.29, 1.82) is 0 Å². The van der Waals surface area contributed by atoms with Crippen LogP contribution in [0.15, 0.2) is 17.5 Å². The van der Waals surface area contributed by atoms with Crippen LogP contribution in [0.1, 0.15) is 4.88 Å². The molecule has 1 saturated heterocycles. The fourth-order valence-electron chi connectivity index (χ4n) is 1.38. The molecule has 0 bridgehead atoms. The largest absolute Gasteiger partial charge is 0.355 e. The molecule has 2 rings (SSSR count). The Morgan fingerprint density at radius 3 is 2.93 bits per heavy atom. The molecule has 0 saturated carbocycles. The molecule has 2 N–H and O–H groups in total. The van der Waals surface area contributed by atoms with Crippen molar-refractivity contribution in [3.8, 4) is 0 Å². The monoisotopic (exact) mass is 246 g/mol. The summed E-state index contributed by atoms with van der Waals surface area (Å²) in [5.41, 5.74) is 0. The highest BCUT2D eigenvalue weighted by Crippen LogP contribution is 2.08. The Morgan fingerprint density at radius 2 is 2.40 bits per heavy atom. The first-order valence-corrected chi connectivity index (χ1v) is 5.75. The number of thiophene rings is 1. The van der Waals surface area contributed by atoms with E-state index >= 15 is 0 Å². The quantitative estimate of drug-likeness (QED) is 0.834. The second kappa shape index (κ2) is 6.10. The summed E-state index contributed by atoms with van der Waals surface area (Å²) in [6, 6.07) is 4.14. The van der Waals surface area contributed by atoms with E-state index in [1.807, 2.05) is 6.07 Å². The van der Waals surface area contributed by atoms with Crippen LogP contribution in [-0.4, -0.2) is 25.5 Å². The van der Waals surface area contributed by atoms with E-state index in [9.17, 15) is 4.79 Å². The summed E-state index contributed by atoms with van der Waals surface area (Å²) in [6.07, 6.45) is 0.948. The van der Waals surface area contributed by atoms with Gasteiger partial charge in [0.25, 0.3) is 0 Å². The molecule has 2 heterocycles. The van der Waals surface area contributed by atoms with E-state index in [0.717, 1.165) is 26.1 Å². The number of hydrogen-bond donors (Lipinski definition) is 2. The summed E-state index contributed by atoms with van der Waals surface area (Å²) in [7, 11) is 0. The molecule has 0 spiro atoms. The van der Waals surface area contributed by atoms with Crippen LogP contribution >= 0.6 is 23.7 Å². The molecular weight excluding hydrogens is 232 g/mol. The molecule has 1 fully saturated rings. The third-order valence-corrected chi connectivity index (χ3v) is 3.34. The van der Waals surface area contributed by atoms with Crippen molar-refractivity contribution in [3.05, 3.63) is 22.4 Å². The minimum Gasteiger partial charge on any atom is -0.355 e. The van der Waals surface area contributed by atoms with Gasteiger partial charge in [0.05, 0.1) is 5.92 Å². The van der Waals surface area contributed by atoms with Gasteiger partial charge in [-0.2, -0.15) is 0 Å². The highest BCUT2D eigenvalue weighted by atomic mass is 35.5. The molecule has 84 valence electrons. The Labute approximate surface area is 99.7 Å². The summed E-state index contributed by atoms with van der Waals surface area (Å²) >= 11 is 1.74. The molecule has 0 atom stereocenters. The van der Waals surface area contributed by atoms with Crippen molar-refractivity contribution < 1.29 is 4.79 Å². The zero-order chi connectivity index (χ0) is 9.80. The summed E-state index contributed by atoms with van der Waals surface area (Å²) in [5, 5.41) is 8.10. The maximum absolute atomic E-state index is 11.4. The van der Waals surface area contributed by atoms with Crippen molar-refractivity contribution in [2.24, 2.45) is 5.92 Å². The normalized spacial score (nSPS) is 15.2. The van der Waals surface area contributed by atoms with Crippen molar-refractivity contribution in [2.45, 2.75) is 6.42 Å². The summed E-state index contributed by atoms with van der Waals surface area (Å²) < 4.78 is 0. The Bertz CT molecular complexity index is 298. The van der Waals surface area contributed by atoms with E-state index in [1.54, 1.807) is 11.3 Å². The van der Waals surface area contributed by atoms with Gasteiger partial charge in [0.2, 0.25) is 5.91 Å². The number of carbonyl (C=O) groups is 1. The van der Waals surface area contributed by atoms with Crippen LogP contribution in [0.2, 0.25) is 0 Å². The summed E-state index contributed by atoms with van der Waals surface area (Å²) in [4.78, 5) is 12.7. The molecule has 0 unspecified atom stereocenters. The summed E-state index contributed by atoms with van der Waals surface area (Å²) in [6.45, 7) is 2.44. The first-order chi connectivity index (χ1) is 6.86. The van der Waals surface area contributed by atoms with Crippen LogP contribution in [-0.2, 0) is 11.2 Å². The van der Waals surface area contributed by atoms with Gasteiger partial charge < -0.3 is 10.6 Å². The second-order valence-corrected chi connectivity index (χ2v) is 4.51. The van der Waals surface area contributed by atoms with Gasteiger partial charge in [-0.1, -0.05) is 6.07 Å². The van der Waals surface area contributed by atoms with E-state index in [4.69, 9.17) is 0 Å². The van der Waals surface area contributed by atoms with Crippen molar-refractivity contribution in [2.75, 3.05) is 19.6 Å². The molecule has 0 radical (unpaired) electrons. The van der Waals surface area contributed by atoms with Crippen LogP contribution in [0.3, 0.4) is 0 Å². The lowest BCUT2D eigenvalue weighted by atomic mass is 10.0. The highest BCUT2D eigenvalue weighted by Gasteiger charge is 2.23. The lowest BCUT2D eigenvalue weighted by Gasteiger charge is -2.25. The fraction of sp³-hybridized carbons (Fsp3) is 0.500. The molecule has 5 heteroatoms. The third-order valence-electron chi connectivity index (χ3n) is 2.40. The molecule has 15 heavy (non-hydrogen) atoms. The first-order valence-electron chi connectivity index (χ1n) is 4.87. The number of halogens is 1. The average Bonchev–Trinajstić information content (AvgIpc) is 2.53. The highest BCUT2D eigenvalue weighted by molar-refractivity contribution is 7.09. The van der Waals surface area contributed by atoms with Crippen LogP contribution in [0.4, 0.5) is 0 Å².